The molecular weight excluding hydrogens is 174 g/mol. The lowest BCUT2D eigenvalue weighted by atomic mass is 10.2. The molecule has 1 aromatic carbocycles. The van der Waals surface area contributed by atoms with E-state index in [0.717, 1.165) is 17.7 Å². The minimum Gasteiger partial charge on any atom is -0.481 e. The van der Waals surface area contributed by atoms with E-state index in [1.165, 1.54) is 0 Å². The molecule has 0 saturated carbocycles. The van der Waals surface area contributed by atoms with Crippen LogP contribution in [0.4, 0.5) is 0 Å². The van der Waals surface area contributed by atoms with Gasteiger partial charge < -0.3 is 4.74 Å². The molecule has 14 heavy (non-hydrogen) atoms. The Hall–Kier alpha value is -1.57. The molecule has 0 spiro atoms. The highest BCUT2D eigenvalue weighted by molar-refractivity contribution is 5.94. The lowest BCUT2D eigenvalue weighted by molar-refractivity contribution is 0.404. The van der Waals surface area contributed by atoms with E-state index < -0.39 is 0 Å². The van der Waals surface area contributed by atoms with Crippen molar-refractivity contribution in [2.75, 3.05) is 7.11 Å². The highest BCUT2D eigenvalue weighted by Crippen LogP contribution is 2.06. The molecule has 2 nitrogen and oxygen atoms in total. The summed E-state index contributed by atoms with van der Waals surface area (Å²) in [6.45, 7) is 5.84. The van der Waals surface area contributed by atoms with E-state index in [1.54, 1.807) is 7.11 Å². The number of aliphatic imine (C=N–C) groups is 1. The summed E-state index contributed by atoms with van der Waals surface area (Å²) in [4.78, 5) is 4.28. The molecule has 0 amide bonds. The van der Waals surface area contributed by atoms with Gasteiger partial charge in [0.2, 0.25) is 5.90 Å². The van der Waals surface area contributed by atoms with Gasteiger partial charge in [-0.05, 0) is 18.6 Å². The second-order valence-electron chi connectivity index (χ2n) is 2.91. The van der Waals surface area contributed by atoms with Crippen molar-refractivity contribution in [2.24, 2.45) is 4.99 Å². The van der Waals surface area contributed by atoms with E-state index in [2.05, 4.69) is 11.6 Å². The zero-order valence-electron chi connectivity index (χ0n) is 8.66. The number of hydrogen-bond donors (Lipinski definition) is 0. The van der Waals surface area contributed by atoms with Gasteiger partial charge in [0.15, 0.2) is 0 Å². The summed E-state index contributed by atoms with van der Waals surface area (Å²) in [7, 11) is 1.62. The van der Waals surface area contributed by atoms with E-state index in [9.17, 15) is 0 Å². The van der Waals surface area contributed by atoms with Crippen LogP contribution in [0.15, 0.2) is 47.6 Å². The standard InChI is InChI=1S/C12H15NO/c1-4-10(2)13-12(14-3)11-8-6-5-7-9-11/h5-9H,2,4H2,1,3H3. The highest BCUT2D eigenvalue weighted by Gasteiger charge is 2.01. The first-order chi connectivity index (χ1) is 6.77. The van der Waals surface area contributed by atoms with Crippen LogP contribution < -0.4 is 0 Å². The number of nitrogens with zero attached hydrogens (tertiary/aromatic N) is 1. The normalized spacial score (nSPS) is 11.1. The molecule has 0 bridgehead atoms. The summed E-state index contributed by atoms with van der Waals surface area (Å²) < 4.78 is 5.20. The van der Waals surface area contributed by atoms with E-state index >= 15 is 0 Å². The fourth-order valence-corrected chi connectivity index (χ4v) is 1.03. The number of allylic oxidation sites excluding steroid dienone is 1. The molecule has 0 heterocycles. The van der Waals surface area contributed by atoms with Crippen LogP contribution >= 0.6 is 0 Å². The molecule has 0 aliphatic rings. The van der Waals surface area contributed by atoms with Crippen molar-refractivity contribution in [3.63, 3.8) is 0 Å². The minimum atomic E-state index is 0.623. The van der Waals surface area contributed by atoms with Gasteiger partial charge in [-0.25, -0.2) is 4.99 Å². The van der Waals surface area contributed by atoms with E-state index in [-0.39, 0.29) is 0 Å². The summed E-state index contributed by atoms with van der Waals surface area (Å²) in [6, 6.07) is 9.80. The Morgan fingerprint density at radius 1 is 1.36 bits per heavy atom. The Labute approximate surface area is 84.9 Å². The van der Waals surface area contributed by atoms with Gasteiger partial charge in [-0.3, -0.25) is 0 Å². The first kappa shape index (κ1) is 10.5. The molecule has 0 aromatic heterocycles. The Morgan fingerprint density at radius 2 is 2.00 bits per heavy atom. The maximum absolute atomic E-state index is 5.20. The topological polar surface area (TPSA) is 21.6 Å². The van der Waals surface area contributed by atoms with Crippen molar-refractivity contribution in [2.45, 2.75) is 13.3 Å². The zero-order valence-corrected chi connectivity index (χ0v) is 8.66. The second kappa shape index (κ2) is 5.22. The van der Waals surface area contributed by atoms with Gasteiger partial charge in [0.25, 0.3) is 0 Å². The molecule has 0 fully saturated rings. The third-order valence-electron chi connectivity index (χ3n) is 1.88. The minimum absolute atomic E-state index is 0.623. The molecule has 0 aliphatic heterocycles. The van der Waals surface area contributed by atoms with Crippen molar-refractivity contribution >= 4 is 5.90 Å². The molecule has 74 valence electrons. The van der Waals surface area contributed by atoms with Gasteiger partial charge in [-0.2, -0.15) is 0 Å². The summed E-state index contributed by atoms with van der Waals surface area (Å²) in [6.07, 6.45) is 0.833. The summed E-state index contributed by atoms with van der Waals surface area (Å²) in [5.41, 5.74) is 1.80. The molecule has 0 N–H and O–H groups in total. The Morgan fingerprint density at radius 3 is 2.50 bits per heavy atom. The van der Waals surface area contributed by atoms with Gasteiger partial charge >= 0.3 is 0 Å². The maximum atomic E-state index is 5.20. The Kier molecular flexibility index (Phi) is 3.92. The van der Waals surface area contributed by atoms with Crippen LogP contribution in [0.5, 0.6) is 0 Å². The number of benzene rings is 1. The first-order valence-electron chi connectivity index (χ1n) is 4.63. The molecule has 0 unspecified atom stereocenters. The lowest BCUT2D eigenvalue weighted by Gasteiger charge is -2.05. The Balaban J connectivity index is 2.93. The quantitative estimate of drug-likeness (QED) is 0.529. The van der Waals surface area contributed by atoms with Crippen molar-refractivity contribution in [1.82, 2.24) is 0 Å². The van der Waals surface area contributed by atoms with E-state index in [1.807, 2.05) is 37.3 Å². The van der Waals surface area contributed by atoms with Crippen LogP contribution in [-0.4, -0.2) is 13.0 Å². The molecule has 0 atom stereocenters. The van der Waals surface area contributed by atoms with Crippen LogP contribution in [0.3, 0.4) is 0 Å². The summed E-state index contributed by atoms with van der Waals surface area (Å²) >= 11 is 0. The van der Waals surface area contributed by atoms with Crippen LogP contribution in [0.25, 0.3) is 0 Å². The monoisotopic (exact) mass is 189 g/mol. The number of methoxy groups -OCH3 is 1. The number of hydrogen-bond acceptors (Lipinski definition) is 2. The molecular formula is C12H15NO. The summed E-state index contributed by atoms with van der Waals surface area (Å²) in [5.74, 6) is 0.623. The van der Waals surface area contributed by atoms with Crippen LogP contribution in [0, 0.1) is 0 Å². The molecule has 0 radical (unpaired) electrons. The second-order valence-corrected chi connectivity index (χ2v) is 2.91. The zero-order chi connectivity index (χ0) is 10.4. The maximum Gasteiger partial charge on any atom is 0.220 e. The van der Waals surface area contributed by atoms with Crippen molar-refractivity contribution in [1.29, 1.82) is 0 Å². The van der Waals surface area contributed by atoms with Gasteiger partial charge in [0, 0.05) is 11.3 Å². The van der Waals surface area contributed by atoms with E-state index in [0.29, 0.717) is 5.90 Å². The largest absolute Gasteiger partial charge is 0.481 e. The van der Waals surface area contributed by atoms with Crippen molar-refractivity contribution < 1.29 is 4.74 Å². The van der Waals surface area contributed by atoms with Crippen LogP contribution in [-0.2, 0) is 4.74 Å². The van der Waals surface area contributed by atoms with Gasteiger partial charge in [0.1, 0.15) is 0 Å². The fraction of sp³-hybridized carbons (Fsp3) is 0.250. The van der Waals surface area contributed by atoms with Crippen molar-refractivity contribution in [3.8, 4) is 0 Å². The third kappa shape index (κ3) is 2.73. The number of rotatable bonds is 3. The average Bonchev–Trinajstić information content (AvgIpc) is 2.26. The van der Waals surface area contributed by atoms with Gasteiger partial charge in [-0.1, -0.05) is 31.7 Å². The lowest BCUT2D eigenvalue weighted by Crippen LogP contribution is -2.03. The molecule has 1 aromatic rings. The number of ether oxygens (including phenoxy) is 1. The molecule has 1 rings (SSSR count). The Bertz CT molecular complexity index is 327. The average molecular weight is 189 g/mol. The van der Waals surface area contributed by atoms with Crippen LogP contribution in [0.1, 0.15) is 18.9 Å². The van der Waals surface area contributed by atoms with Gasteiger partial charge in [-0.15, -0.1) is 0 Å². The molecule has 2 heteroatoms. The smallest absolute Gasteiger partial charge is 0.220 e. The fourth-order valence-electron chi connectivity index (χ4n) is 1.03. The molecule has 0 aliphatic carbocycles. The predicted octanol–water partition coefficient (Wildman–Crippen LogP) is 3.00. The predicted molar refractivity (Wildman–Crippen MR) is 59.4 cm³/mol. The van der Waals surface area contributed by atoms with Crippen LogP contribution in [0.2, 0.25) is 0 Å². The molecule has 0 saturated heterocycles. The highest BCUT2D eigenvalue weighted by atomic mass is 16.5. The summed E-state index contributed by atoms with van der Waals surface area (Å²) in [5, 5.41) is 0. The van der Waals surface area contributed by atoms with E-state index in [4.69, 9.17) is 4.74 Å². The van der Waals surface area contributed by atoms with Crippen molar-refractivity contribution in [3.05, 3.63) is 48.2 Å². The third-order valence-corrected chi connectivity index (χ3v) is 1.88. The SMILES string of the molecule is C=C(CC)N=C(OC)c1ccccc1. The first-order valence-corrected chi connectivity index (χ1v) is 4.63. The van der Waals surface area contributed by atoms with Gasteiger partial charge in [0.05, 0.1) is 7.11 Å².